The van der Waals surface area contributed by atoms with Gasteiger partial charge in [0.2, 0.25) is 10.0 Å². The zero-order chi connectivity index (χ0) is 23.6. The highest BCUT2D eigenvalue weighted by atomic mass is 32.2. The Balaban J connectivity index is 1.53. The monoisotopic (exact) mass is 488 g/mol. The number of morpholine rings is 1. The van der Waals surface area contributed by atoms with Crippen molar-refractivity contribution in [3.05, 3.63) is 87.9 Å². The number of benzene rings is 2. The number of hydrogen-bond acceptors (Lipinski definition) is 5. The van der Waals surface area contributed by atoms with Gasteiger partial charge in [0.05, 0.1) is 23.1 Å². The predicted molar refractivity (Wildman–Crippen MR) is 125 cm³/mol. The topological polar surface area (TPSA) is 75.7 Å². The summed E-state index contributed by atoms with van der Waals surface area (Å²) in [7, 11) is -3.69. The first-order valence-corrected chi connectivity index (χ1v) is 12.9. The molecule has 33 heavy (non-hydrogen) atoms. The van der Waals surface area contributed by atoms with E-state index >= 15 is 0 Å². The standard InChI is InChI=1S/C24H25FN2O4S2/c1-16-14-27(15-17(2)31-16)33(29,30)21-11-7-19(8-12-21)24(28)26-23(22-4-3-13-32-22)18-5-9-20(25)10-6-18/h3-13,16-17,23H,14-15H2,1-2H3,(H,26,28). The average Bonchev–Trinajstić information content (AvgIpc) is 3.32. The molecule has 0 spiro atoms. The molecule has 1 aromatic heterocycles. The van der Waals surface area contributed by atoms with E-state index in [2.05, 4.69) is 5.32 Å². The Morgan fingerprint density at radius 3 is 2.27 bits per heavy atom. The van der Waals surface area contributed by atoms with E-state index in [1.807, 2.05) is 31.4 Å². The van der Waals surface area contributed by atoms with Gasteiger partial charge in [-0.05, 0) is 67.3 Å². The summed E-state index contributed by atoms with van der Waals surface area (Å²) in [6, 6.07) is 15.2. The lowest BCUT2D eigenvalue weighted by molar-refractivity contribution is -0.0440. The fourth-order valence-corrected chi connectivity index (χ4v) is 6.29. The summed E-state index contributed by atoms with van der Waals surface area (Å²) >= 11 is 1.49. The fourth-order valence-electron chi connectivity index (χ4n) is 3.90. The zero-order valence-corrected chi connectivity index (χ0v) is 19.9. The Hall–Kier alpha value is -2.59. The summed E-state index contributed by atoms with van der Waals surface area (Å²) in [5.74, 6) is -0.703. The van der Waals surface area contributed by atoms with Gasteiger partial charge < -0.3 is 10.1 Å². The highest BCUT2D eigenvalue weighted by molar-refractivity contribution is 7.89. The third-order valence-corrected chi connectivity index (χ3v) is 8.23. The molecule has 1 aliphatic rings. The van der Waals surface area contributed by atoms with Crippen LogP contribution in [-0.2, 0) is 14.8 Å². The molecule has 9 heteroatoms. The average molecular weight is 489 g/mol. The van der Waals surface area contributed by atoms with Gasteiger partial charge in [-0.3, -0.25) is 4.79 Å². The second-order valence-corrected chi connectivity index (χ2v) is 11.0. The molecule has 1 fully saturated rings. The second-order valence-electron chi connectivity index (χ2n) is 8.08. The largest absolute Gasteiger partial charge is 0.373 e. The lowest BCUT2D eigenvalue weighted by Gasteiger charge is -2.34. The summed E-state index contributed by atoms with van der Waals surface area (Å²) in [5, 5.41) is 4.89. The van der Waals surface area contributed by atoms with E-state index < -0.39 is 16.1 Å². The van der Waals surface area contributed by atoms with E-state index in [9.17, 15) is 17.6 Å². The molecule has 2 aromatic carbocycles. The Bertz CT molecular complexity index is 1190. The predicted octanol–water partition coefficient (Wildman–Crippen LogP) is 4.20. The number of ether oxygens (including phenoxy) is 1. The van der Waals surface area contributed by atoms with Crippen LogP contribution in [0.3, 0.4) is 0 Å². The van der Waals surface area contributed by atoms with Crippen molar-refractivity contribution in [3.63, 3.8) is 0 Å². The van der Waals surface area contributed by atoms with Crippen LogP contribution < -0.4 is 5.32 Å². The molecule has 0 radical (unpaired) electrons. The minimum atomic E-state index is -3.69. The normalized spacial score (nSPS) is 20.3. The fraction of sp³-hybridized carbons (Fsp3) is 0.292. The molecule has 1 aliphatic heterocycles. The van der Waals surface area contributed by atoms with Gasteiger partial charge in [0.1, 0.15) is 5.82 Å². The van der Waals surface area contributed by atoms with E-state index in [-0.39, 0.29) is 41.9 Å². The molecular formula is C24H25FN2O4S2. The van der Waals surface area contributed by atoms with Crippen molar-refractivity contribution < 1.29 is 22.3 Å². The second kappa shape index (κ2) is 9.72. The van der Waals surface area contributed by atoms with Gasteiger partial charge in [0, 0.05) is 23.5 Å². The molecule has 1 N–H and O–H groups in total. The van der Waals surface area contributed by atoms with Crippen LogP contribution in [0, 0.1) is 5.82 Å². The summed E-state index contributed by atoms with van der Waals surface area (Å²) in [6.45, 7) is 4.26. The molecule has 0 aliphatic carbocycles. The Morgan fingerprint density at radius 2 is 1.70 bits per heavy atom. The minimum Gasteiger partial charge on any atom is -0.373 e. The van der Waals surface area contributed by atoms with Crippen LogP contribution in [0.2, 0.25) is 0 Å². The van der Waals surface area contributed by atoms with Crippen LogP contribution in [0.5, 0.6) is 0 Å². The molecule has 0 saturated carbocycles. The molecule has 3 atom stereocenters. The molecular weight excluding hydrogens is 463 g/mol. The van der Waals surface area contributed by atoms with Crippen molar-refractivity contribution in [2.24, 2.45) is 0 Å². The van der Waals surface area contributed by atoms with Gasteiger partial charge in [-0.15, -0.1) is 11.3 Å². The first kappa shape index (κ1) is 23.6. The van der Waals surface area contributed by atoms with Crippen LogP contribution in [0.25, 0.3) is 0 Å². The lowest BCUT2D eigenvalue weighted by atomic mass is 10.0. The van der Waals surface area contributed by atoms with Crippen LogP contribution >= 0.6 is 11.3 Å². The molecule has 6 nitrogen and oxygen atoms in total. The highest BCUT2D eigenvalue weighted by Crippen LogP contribution is 2.27. The first-order valence-electron chi connectivity index (χ1n) is 10.6. The van der Waals surface area contributed by atoms with Gasteiger partial charge >= 0.3 is 0 Å². The van der Waals surface area contributed by atoms with Crippen LogP contribution in [0.1, 0.15) is 40.7 Å². The number of rotatable bonds is 6. The molecule has 1 amide bonds. The number of carbonyl (C=O) groups is 1. The maximum absolute atomic E-state index is 13.4. The summed E-state index contributed by atoms with van der Waals surface area (Å²) in [5.41, 5.74) is 1.09. The SMILES string of the molecule is CC1CN(S(=O)(=O)c2ccc(C(=O)NC(c3ccc(F)cc3)c3cccs3)cc2)CC(C)O1. The van der Waals surface area contributed by atoms with Crippen molar-refractivity contribution in [2.75, 3.05) is 13.1 Å². The number of nitrogens with one attached hydrogen (secondary N) is 1. The molecule has 2 heterocycles. The molecule has 1 saturated heterocycles. The van der Waals surface area contributed by atoms with Crippen molar-refractivity contribution in [1.82, 2.24) is 9.62 Å². The van der Waals surface area contributed by atoms with Crippen LogP contribution in [0.4, 0.5) is 4.39 Å². The lowest BCUT2D eigenvalue weighted by Crippen LogP contribution is -2.48. The molecule has 0 bridgehead atoms. The smallest absolute Gasteiger partial charge is 0.252 e. The maximum atomic E-state index is 13.4. The zero-order valence-electron chi connectivity index (χ0n) is 18.3. The third kappa shape index (κ3) is 5.33. The highest BCUT2D eigenvalue weighted by Gasteiger charge is 2.32. The molecule has 3 aromatic rings. The number of halogens is 1. The number of nitrogens with zero attached hydrogens (tertiary/aromatic N) is 1. The Labute approximate surface area is 197 Å². The Kier molecular flexibility index (Phi) is 6.94. The first-order chi connectivity index (χ1) is 15.7. The summed E-state index contributed by atoms with van der Waals surface area (Å²) in [6.07, 6.45) is -0.372. The molecule has 174 valence electrons. The number of sulfonamides is 1. The number of carbonyl (C=O) groups excluding carboxylic acids is 1. The quantitative estimate of drug-likeness (QED) is 0.564. The number of amides is 1. The molecule has 3 unspecified atom stereocenters. The van der Waals surface area contributed by atoms with Crippen molar-refractivity contribution in [2.45, 2.75) is 37.0 Å². The molecule has 4 rings (SSSR count). The summed E-state index contributed by atoms with van der Waals surface area (Å²) < 4.78 is 46.5. The maximum Gasteiger partial charge on any atom is 0.252 e. The van der Waals surface area contributed by atoms with Crippen LogP contribution in [0.15, 0.2) is 70.9 Å². The van der Waals surface area contributed by atoms with Gasteiger partial charge in [-0.1, -0.05) is 18.2 Å². The van der Waals surface area contributed by atoms with Crippen molar-refractivity contribution >= 4 is 27.3 Å². The van der Waals surface area contributed by atoms with Gasteiger partial charge in [-0.25, -0.2) is 12.8 Å². The van der Waals surface area contributed by atoms with E-state index in [0.29, 0.717) is 5.56 Å². The minimum absolute atomic E-state index is 0.133. The van der Waals surface area contributed by atoms with Crippen molar-refractivity contribution in [1.29, 1.82) is 0 Å². The van der Waals surface area contributed by atoms with Gasteiger partial charge in [0.25, 0.3) is 5.91 Å². The van der Waals surface area contributed by atoms with E-state index in [0.717, 1.165) is 10.4 Å². The third-order valence-electron chi connectivity index (χ3n) is 5.45. The van der Waals surface area contributed by atoms with E-state index in [1.165, 1.54) is 52.0 Å². The van der Waals surface area contributed by atoms with E-state index in [1.54, 1.807) is 12.1 Å². The van der Waals surface area contributed by atoms with Gasteiger partial charge in [-0.2, -0.15) is 4.31 Å². The van der Waals surface area contributed by atoms with E-state index in [4.69, 9.17) is 4.74 Å². The van der Waals surface area contributed by atoms with Gasteiger partial charge in [0.15, 0.2) is 0 Å². The summed E-state index contributed by atoms with van der Waals surface area (Å²) in [4.78, 5) is 14.0. The van der Waals surface area contributed by atoms with Crippen LogP contribution in [-0.4, -0.2) is 43.9 Å². The Morgan fingerprint density at radius 1 is 1.06 bits per heavy atom. The number of hydrogen-bond donors (Lipinski definition) is 1. The number of thiophene rings is 1. The van der Waals surface area contributed by atoms with Crippen molar-refractivity contribution in [3.8, 4) is 0 Å².